The number of halogens is 1. The molecule has 25 heavy (non-hydrogen) atoms. The van der Waals surface area contributed by atoms with Gasteiger partial charge in [-0.1, -0.05) is 23.7 Å². The molecule has 3 rings (SSSR count). The summed E-state index contributed by atoms with van der Waals surface area (Å²) in [6, 6.07) is 15.2. The number of methoxy groups -OCH3 is 1. The number of amides is 1. The monoisotopic (exact) mass is 358 g/mol. The zero-order chi connectivity index (χ0) is 17.6. The van der Waals surface area contributed by atoms with Crippen molar-refractivity contribution in [1.82, 2.24) is 10.2 Å². The third-order valence-corrected chi connectivity index (χ3v) is 4.90. The maximum atomic E-state index is 12.4. The van der Waals surface area contributed by atoms with Crippen LogP contribution in [0.25, 0.3) is 0 Å². The number of nitrogens with one attached hydrogen (secondary N) is 1. The van der Waals surface area contributed by atoms with Crippen LogP contribution in [0.4, 0.5) is 0 Å². The largest absolute Gasteiger partial charge is 0.497 e. The van der Waals surface area contributed by atoms with Crippen molar-refractivity contribution in [2.75, 3.05) is 26.7 Å². The molecule has 0 spiro atoms. The van der Waals surface area contributed by atoms with Crippen molar-refractivity contribution in [2.45, 2.75) is 18.9 Å². The van der Waals surface area contributed by atoms with Crippen molar-refractivity contribution in [2.24, 2.45) is 0 Å². The Morgan fingerprint density at radius 3 is 2.36 bits per heavy atom. The molecule has 1 aliphatic heterocycles. The van der Waals surface area contributed by atoms with Crippen LogP contribution in [-0.4, -0.2) is 37.6 Å². The van der Waals surface area contributed by atoms with E-state index in [0.717, 1.165) is 18.8 Å². The number of benzene rings is 2. The Kier molecular flexibility index (Phi) is 5.95. The highest BCUT2D eigenvalue weighted by Gasteiger charge is 2.24. The van der Waals surface area contributed by atoms with E-state index in [2.05, 4.69) is 22.3 Å². The van der Waals surface area contributed by atoms with Gasteiger partial charge in [0.1, 0.15) is 5.75 Å². The zero-order valence-corrected chi connectivity index (χ0v) is 15.1. The molecule has 1 heterocycles. The van der Waals surface area contributed by atoms with Crippen molar-refractivity contribution in [3.05, 3.63) is 64.7 Å². The lowest BCUT2D eigenvalue weighted by Crippen LogP contribution is -2.36. The average Bonchev–Trinajstić information content (AvgIpc) is 3.17. The molecule has 1 N–H and O–H groups in total. The SMILES string of the molecule is COc1ccc(C(CNC(=O)c2ccc(Cl)cc2)N2CCCC2)cc1. The summed E-state index contributed by atoms with van der Waals surface area (Å²) in [4.78, 5) is 14.8. The Morgan fingerprint density at radius 1 is 1.12 bits per heavy atom. The lowest BCUT2D eigenvalue weighted by Gasteiger charge is -2.28. The second-order valence-electron chi connectivity index (χ2n) is 6.25. The molecule has 2 aromatic carbocycles. The molecule has 2 aromatic rings. The van der Waals surface area contributed by atoms with E-state index in [1.807, 2.05) is 12.1 Å². The van der Waals surface area contributed by atoms with Gasteiger partial charge in [0.25, 0.3) is 5.91 Å². The normalized spacial score (nSPS) is 15.8. The minimum Gasteiger partial charge on any atom is -0.497 e. The maximum absolute atomic E-state index is 12.4. The molecule has 1 atom stereocenters. The van der Waals surface area contributed by atoms with E-state index in [-0.39, 0.29) is 11.9 Å². The van der Waals surface area contributed by atoms with Gasteiger partial charge in [-0.2, -0.15) is 0 Å². The summed E-state index contributed by atoms with van der Waals surface area (Å²) in [6.45, 7) is 2.70. The first kappa shape index (κ1) is 17.8. The first-order chi connectivity index (χ1) is 12.2. The van der Waals surface area contributed by atoms with Crippen molar-refractivity contribution in [1.29, 1.82) is 0 Å². The van der Waals surface area contributed by atoms with Crippen LogP contribution in [-0.2, 0) is 0 Å². The molecule has 132 valence electrons. The molecule has 4 nitrogen and oxygen atoms in total. The van der Waals surface area contributed by atoms with Crippen LogP contribution in [0.1, 0.15) is 34.8 Å². The van der Waals surface area contributed by atoms with Gasteiger partial charge in [-0.15, -0.1) is 0 Å². The molecule has 1 unspecified atom stereocenters. The van der Waals surface area contributed by atoms with Crippen LogP contribution >= 0.6 is 11.6 Å². The van der Waals surface area contributed by atoms with E-state index in [9.17, 15) is 4.79 Å². The van der Waals surface area contributed by atoms with Crippen LogP contribution in [0.2, 0.25) is 5.02 Å². The number of hydrogen-bond donors (Lipinski definition) is 1. The van der Waals surface area contributed by atoms with Gasteiger partial charge in [0, 0.05) is 17.1 Å². The summed E-state index contributed by atoms with van der Waals surface area (Å²) in [6.07, 6.45) is 2.41. The van der Waals surface area contributed by atoms with E-state index in [4.69, 9.17) is 16.3 Å². The van der Waals surface area contributed by atoms with Gasteiger partial charge in [0.05, 0.1) is 13.2 Å². The molecule has 1 saturated heterocycles. The molecule has 5 heteroatoms. The van der Waals surface area contributed by atoms with Crippen LogP contribution in [0.15, 0.2) is 48.5 Å². The van der Waals surface area contributed by atoms with Crippen molar-refractivity contribution < 1.29 is 9.53 Å². The number of hydrogen-bond acceptors (Lipinski definition) is 3. The van der Waals surface area contributed by atoms with Crippen LogP contribution in [0, 0.1) is 0 Å². The number of likely N-dealkylation sites (tertiary alicyclic amines) is 1. The topological polar surface area (TPSA) is 41.6 Å². The molecule has 1 fully saturated rings. The number of carbonyl (C=O) groups excluding carboxylic acids is 1. The first-order valence-electron chi connectivity index (χ1n) is 8.59. The average molecular weight is 359 g/mol. The fourth-order valence-electron chi connectivity index (χ4n) is 3.23. The highest BCUT2D eigenvalue weighted by Crippen LogP contribution is 2.26. The molecule has 0 bridgehead atoms. The van der Waals surface area contributed by atoms with Gasteiger partial charge in [-0.05, 0) is 67.9 Å². The van der Waals surface area contributed by atoms with E-state index >= 15 is 0 Å². The van der Waals surface area contributed by atoms with Gasteiger partial charge >= 0.3 is 0 Å². The minimum absolute atomic E-state index is 0.0747. The number of ether oxygens (including phenoxy) is 1. The Morgan fingerprint density at radius 2 is 1.76 bits per heavy atom. The lowest BCUT2D eigenvalue weighted by molar-refractivity contribution is 0.0938. The Labute approximate surface area is 153 Å². The molecule has 1 amide bonds. The van der Waals surface area contributed by atoms with E-state index in [1.54, 1.807) is 31.4 Å². The van der Waals surface area contributed by atoms with E-state index in [0.29, 0.717) is 17.1 Å². The molecule has 0 aliphatic carbocycles. The Hall–Kier alpha value is -2.04. The number of nitrogens with zero attached hydrogens (tertiary/aromatic N) is 1. The molecular formula is C20H23ClN2O2. The number of carbonyl (C=O) groups is 1. The Bertz CT molecular complexity index is 695. The van der Waals surface area contributed by atoms with E-state index < -0.39 is 0 Å². The molecule has 0 saturated carbocycles. The van der Waals surface area contributed by atoms with Gasteiger partial charge in [0.15, 0.2) is 0 Å². The summed E-state index contributed by atoms with van der Waals surface area (Å²) < 4.78 is 5.25. The minimum atomic E-state index is -0.0747. The summed E-state index contributed by atoms with van der Waals surface area (Å²) >= 11 is 5.89. The summed E-state index contributed by atoms with van der Waals surface area (Å²) in [5, 5.41) is 3.70. The zero-order valence-electron chi connectivity index (χ0n) is 14.4. The maximum Gasteiger partial charge on any atom is 0.251 e. The smallest absolute Gasteiger partial charge is 0.251 e. The second kappa shape index (κ2) is 8.37. The standard InChI is InChI=1S/C20H23ClN2O2/c1-25-18-10-6-15(7-11-18)19(23-12-2-3-13-23)14-22-20(24)16-4-8-17(21)9-5-16/h4-11,19H,2-3,12-14H2,1H3,(H,22,24). The fourth-order valence-corrected chi connectivity index (χ4v) is 3.36. The predicted molar refractivity (Wildman–Crippen MR) is 100 cm³/mol. The van der Waals surface area contributed by atoms with E-state index in [1.165, 1.54) is 18.4 Å². The van der Waals surface area contributed by atoms with Gasteiger partial charge in [0.2, 0.25) is 0 Å². The van der Waals surface area contributed by atoms with Crippen molar-refractivity contribution in [3.63, 3.8) is 0 Å². The second-order valence-corrected chi connectivity index (χ2v) is 6.69. The van der Waals surface area contributed by atoms with Crippen LogP contribution in [0.5, 0.6) is 5.75 Å². The highest BCUT2D eigenvalue weighted by molar-refractivity contribution is 6.30. The van der Waals surface area contributed by atoms with Gasteiger partial charge in [-0.3, -0.25) is 9.69 Å². The van der Waals surface area contributed by atoms with Crippen LogP contribution < -0.4 is 10.1 Å². The lowest BCUT2D eigenvalue weighted by atomic mass is 10.0. The van der Waals surface area contributed by atoms with Gasteiger partial charge in [-0.25, -0.2) is 0 Å². The first-order valence-corrected chi connectivity index (χ1v) is 8.97. The Balaban J connectivity index is 1.70. The van der Waals surface area contributed by atoms with Crippen molar-refractivity contribution >= 4 is 17.5 Å². The highest BCUT2D eigenvalue weighted by atomic mass is 35.5. The number of rotatable bonds is 6. The quantitative estimate of drug-likeness (QED) is 0.851. The van der Waals surface area contributed by atoms with Gasteiger partial charge < -0.3 is 10.1 Å². The predicted octanol–water partition coefficient (Wildman–Crippen LogP) is 3.92. The summed E-state index contributed by atoms with van der Waals surface area (Å²) in [7, 11) is 1.67. The molecule has 1 aliphatic rings. The van der Waals surface area contributed by atoms with Crippen molar-refractivity contribution in [3.8, 4) is 5.75 Å². The third kappa shape index (κ3) is 4.53. The summed E-state index contributed by atoms with van der Waals surface area (Å²) in [5.74, 6) is 0.767. The fraction of sp³-hybridized carbons (Fsp3) is 0.350. The molecule has 0 aromatic heterocycles. The third-order valence-electron chi connectivity index (χ3n) is 4.64. The molecule has 0 radical (unpaired) electrons. The van der Waals surface area contributed by atoms with Crippen LogP contribution in [0.3, 0.4) is 0 Å². The molecular weight excluding hydrogens is 336 g/mol. The summed E-state index contributed by atoms with van der Waals surface area (Å²) in [5.41, 5.74) is 1.82.